The first kappa shape index (κ1) is 12.9. The maximum Gasteiger partial charge on any atom is 0.283 e. The summed E-state index contributed by atoms with van der Waals surface area (Å²) in [7, 11) is 0. The second-order valence-corrected chi connectivity index (χ2v) is 4.65. The van der Waals surface area contributed by atoms with Gasteiger partial charge < -0.3 is 9.73 Å². The van der Waals surface area contributed by atoms with Crippen molar-refractivity contribution in [3.8, 4) is 0 Å². The smallest absolute Gasteiger partial charge is 0.283 e. The number of aromatic nitrogens is 2. The Morgan fingerprint density at radius 3 is 2.89 bits per heavy atom. The normalized spacial score (nSPS) is 10.6. The molecule has 0 amide bonds. The van der Waals surface area contributed by atoms with Crippen molar-refractivity contribution in [2.45, 2.75) is 26.9 Å². The molecular formula is C12H14BrN3O2. The zero-order chi connectivity index (χ0) is 13.1. The van der Waals surface area contributed by atoms with E-state index >= 15 is 0 Å². The second kappa shape index (κ2) is 5.39. The molecule has 2 heterocycles. The highest BCUT2D eigenvalue weighted by atomic mass is 79.9. The van der Waals surface area contributed by atoms with E-state index in [0.29, 0.717) is 23.2 Å². The summed E-state index contributed by atoms with van der Waals surface area (Å²) in [6.45, 7) is 4.84. The van der Waals surface area contributed by atoms with Gasteiger partial charge in [-0.25, -0.2) is 4.68 Å². The number of furan rings is 1. The quantitative estimate of drug-likeness (QED) is 0.942. The van der Waals surface area contributed by atoms with E-state index in [2.05, 4.69) is 26.3 Å². The maximum absolute atomic E-state index is 11.8. The van der Waals surface area contributed by atoms with E-state index in [-0.39, 0.29) is 5.56 Å². The molecule has 0 aromatic carbocycles. The van der Waals surface area contributed by atoms with Crippen LogP contribution in [0.3, 0.4) is 0 Å². The van der Waals surface area contributed by atoms with Crippen LogP contribution in [-0.2, 0) is 13.1 Å². The van der Waals surface area contributed by atoms with Crippen LogP contribution < -0.4 is 10.9 Å². The molecule has 2 aromatic rings. The molecule has 0 spiro atoms. The summed E-state index contributed by atoms with van der Waals surface area (Å²) in [5.74, 6) is 1.68. The van der Waals surface area contributed by atoms with Gasteiger partial charge >= 0.3 is 0 Å². The van der Waals surface area contributed by atoms with Gasteiger partial charge in [0.15, 0.2) is 0 Å². The van der Waals surface area contributed by atoms with Crippen LogP contribution in [0, 0.1) is 6.92 Å². The molecule has 0 saturated heterocycles. The molecule has 6 heteroatoms. The Labute approximate surface area is 113 Å². The monoisotopic (exact) mass is 311 g/mol. The van der Waals surface area contributed by atoms with Crippen LogP contribution in [0.15, 0.2) is 32.0 Å². The lowest BCUT2D eigenvalue weighted by Gasteiger charge is -2.08. The minimum Gasteiger partial charge on any atom is -0.465 e. The molecule has 0 saturated carbocycles. The van der Waals surface area contributed by atoms with E-state index in [0.717, 1.165) is 11.5 Å². The molecule has 0 radical (unpaired) electrons. The number of hydrogen-bond donors (Lipinski definition) is 1. The van der Waals surface area contributed by atoms with Crippen LogP contribution in [0.25, 0.3) is 0 Å². The van der Waals surface area contributed by atoms with Gasteiger partial charge in [-0.2, -0.15) is 5.10 Å². The van der Waals surface area contributed by atoms with Crippen molar-refractivity contribution in [2.75, 3.05) is 5.32 Å². The van der Waals surface area contributed by atoms with Gasteiger partial charge in [-0.1, -0.05) is 0 Å². The third-order valence-electron chi connectivity index (χ3n) is 2.53. The van der Waals surface area contributed by atoms with Crippen molar-refractivity contribution in [1.82, 2.24) is 9.78 Å². The maximum atomic E-state index is 11.8. The fourth-order valence-corrected chi connectivity index (χ4v) is 2.02. The highest BCUT2D eigenvalue weighted by Crippen LogP contribution is 2.17. The molecule has 0 fully saturated rings. The number of nitrogens with one attached hydrogen (secondary N) is 1. The van der Waals surface area contributed by atoms with E-state index < -0.39 is 0 Å². The van der Waals surface area contributed by atoms with Crippen LogP contribution in [0.5, 0.6) is 0 Å². The zero-order valence-electron chi connectivity index (χ0n) is 10.2. The Balaban J connectivity index is 2.15. The van der Waals surface area contributed by atoms with Crippen LogP contribution in [0.2, 0.25) is 0 Å². The van der Waals surface area contributed by atoms with Crippen LogP contribution >= 0.6 is 15.9 Å². The largest absolute Gasteiger partial charge is 0.465 e. The molecule has 96 valence electrons. The SMILES string of the molecule is CCn1ncc(NCc2ccc(C)o2)c(Br)c1=O. The van der Waals surface area contributed by atoms with Gasteiger partial charge in [-0.3, -0.25) is 4.79 Å². The average molecular weight is 312 g/mol. The van der Waals surface area contributed by atoms with Crippen molar-refractivity contribution < 1.29 is 4.42 Å². The Morgan fingerprint density at radius 2 is 2.28 bits per heavy atom. The summed E-state index contributed by atoms with van der Waals surface area (Å²) < 4.78 is 7.32. The van der Waals surface area contributed by atoms with Gasteiger partial charge in [0.1, 0.15) is 16.0 Å². The predicted molar refractivity (Wildman–Crippen MR) is 72.6 cm³/mol. The molecule has 0 bridgehead atoms. The van der Waals surface area contributed by atoms with Gasteiger partial charge in [0, 0.05) is 6.54 Å². The summed E-state index contributed by atoms with van der Waals surface area (Å²) in [6, 6.07) is 3.80. The van der Waals surface area contributed by atoms with Gasteiger partial charge in [0.2, 0.25) is 0 Å². The van der Waals surface area contributed by atoms with Gasteiger partial charge in [-0.05, 0) is 41.9 Å². The highest BCUT2D eigenvalue weighted by molar-refractivity contribution is 9.10. The number of anilines is 1. The number of aryl methyl sites for hydroxylation is 2. The Kier molecular flexibility index (Phi) is 3.86. The van der Waals surface area contributed by atoms with Crippen molar-refractivity contribution in [1.29, 1.82) is 0 Å². The fraction of sp³-hybridized carbons (Fsp3) is 0.333. The average Bonchev–Trinajstić information content (AvgIpc) is 2.77. The molecule has 1 N–H and O–H groups in total. The molecule has 2 rings (SSSR count). The minimum absolute atomic E-state index is 0.141. The summed E-state index contributed by atoms with van der Waals surface area (Å²) in [4.78, 5) is 11.8. The van der Waals surface area contributed by atoms with Crippen molar-refractivity contribution in [2.24, 2.45) is 0 Å². The number of halogens is 1. The van der Waals surface area contributed by atoms with Crippen molar-refractivity contribution in [3.63, 3.8) is 0 Å². The Morgan fingerprint density at radius 1 is 1.50 bits per heavy atom. The molecule has 18 heavy (non-hydrogen) atoms. The molecule has 0 aliphatic carbocycles. The molecular weight excluding hydrogens is 298 g/mol. The van der Waals surface area contributed by atoms with E-state index in [1.54, 1.807) is 6.20 Å². The number of nitrogens with zero attached hydrogens (tertiary/aromatic N) is 2. The molecule has 5 nitrogen and oxygen atoms in total. The van der Waals surface area contributed by atoms with E-state index in [1.807, 2.05) is 26.0 Å². The third kappa shape index (κ3) is 2.64. The summed E-state index contributed by atoms with van der Waals surface area (Å²) >= 11 is 3.28. The molecule has 0 aliphatic heterocycles. The van der Waals surface area contributed by atoms with E-state index in [9.17, 15) is 4.79 Å². The first-order valence-corrected chi connectivity index (χ1v) is 6.46. The topological polar surface area (TPSA) is 60.1 Å². The van der Waals surface area contributed by atoms with Gasteiger partial charge in [-0.15, -0.1) is 0 Å². The Hall–Kier alpha value is -1.56. The first-order valence-electron chi connectivity index (χ1n) is 5.66. The fourth-order valence-electron chi connectivity index (χ4n) is 1.58. The van der Waals surface area contributed by atoms with Crippen molar-refractivity contribution >= 4 is 21.6 Å². The minimum atomic E-state index is -0.141. The second-order valence-electron chi connectivity index (χ2n) is 3.86. The molecule has 0 aliphatic rings. The zero-order valence-corrected chi connectivity index (χ0v) is 11.8. The lowest BCUT2D eigenvalue weighted by atomic mass is 10.4. The molecule has 0 unspecified atom stereocenters. The van der Waals surface area contributed by atoms with Gasteiger partial charge in [0.05, 0.1) is 18.4 Å². The number of hydrogen-bond acceptors (Lipinski definition) is 4. The van der Waals surface area contributed by atoms with E-state index in [1.165, 1.54) is 4.68 Å². The third-order valence-corrected chi connectivity index (χ3v) is 3.30. The standard InChI is InChI=1S/C12H14BrN3O2/c1-3-16-12(17)11(13)10(7-15-16)14-6-9-5-4-8(2)18-9/h4-5,7,14H,3,6H2,1-2H3. The van der Waals surface area contributed by atoms with Crippen LogP contribution in [-0.4, -0.2) is 9.78 Å². The molecule has 2 aromatic heterocycles. The van der Waals surface area contributed by atoms with E-state index in [4.69, 9.17) is 4.42 Å². The molecule has 0 atom stereocenters. The highest BCUT2D eigenvalue weighted by Gasteiger charge is 2.08. The summed E-state index contributed by atoms with van der Waals surface area (Å²) in [5.41, 5.74) is 0.525. The van der Waals surface area contributed by atoms with Crippen LogP contribution in [0.4, 0.5) is 5.69 Å². The predicted octanol–water partition coefficient (Wildman–Crippen LogP) is 2.54. The summed E-state index contributed by atoms with van der Waals surface area (Å²) in [5, 5.41) is 7.17. The summed E-state index contributed by atoms with van der Waals surface area (Å²) in [6.07, 6.45) is 1.63. The van der Waals surface area contributed by atoms with Crippen molar-refractivity contribution in [3.05, 3.63) is 44.7 Å². The number of rotatable bonds is 4. The Bertz CT molecular complexity index is 604. The van der Waals surface area contributed by atoms with Gasteiger partial charge in [0.25, 0.3) is 5.56 Å². The lowest BCUT2D eigenvalue weighted by molar-refractivity contribution is 0.490. The lowest BCUT2D eigenvalue weighted by Crippen LogP contribution is -2.23. The first-order chi connectivity index (χ1) is 8.61. The van der Waals surface area contributed by atoms with Crippen LogP contribution in [0.1, 0.15) is 18.4 Å².